The number of aromatic nitrogens is 3. The summed E-state index contributed by atoms with van der Waals surface area (Å²) < 4.78 is 8.32. The fraction of sp³-hybridized carbons (Fsp3) is 0.150. The molecule has 0 aliphatic rings. The number of ether oxygens (including phenoxy) is 1. The number of benzene rings is 1. The van der Waals surface area contributed by atoms with Gasteiger partial charge in [-0.2, -0.15) is 5.10 Å². The van der Waals surface area contributed by atoms with Crippen molar-refractivity contribution in [3.63, 3.8) is 0 Å². The minimum atomic E-state index is -0.427. The molecule has 138 valence electrons. The van der Waals surface area contributed by atoms with E-state index in [1.54, 1.807) is 47.8 Å². The molecule has 1 aromatic carbocycles. The number of hydrogen-bond donors (Lipinski definition) is 1. The van der Waals surface area contributed by atoms with E-state index in [1.165, 1.54) is 6.08 Å². The van der Waals surface area contributed by atoms with Gasteiger partial charge < -0.3 is 14.6 Å². The molecule has 2 aromatic heterocycles. The molecule has 0 saturated heterocycles. The zero-order valence-electron chi connectivity index (χ0n) is 15.1. The number of rotatable bonds is 6. The van der Waals surface area contributed by atoms with Gasteiger partial charge in [0.15, 0.2) is 0 Å². The maximum absolute atomic E-state index is 12.1. The molecule has 0 saturated carbocycles. The molecule has 2 heterocycles. The Labute approximate surface area is 156 Å². The molecule has 27 heavy (non-hydrogen) atoms. The second-order valence-corrected chi connectivity index (χ2v) is 5.82. The number of nitrogens with one attached hydrogen (secondary N) is 1. The van der Waals surface area contributed by atoms with Crippen molar-refractivity contribution in [2.24, 2.45) is 7.05 Å². The minimum absolute atomic E-state index is 0.297. The number of aryl methyl sites for hydroxylation is 1. The van der Waals surface area contributed by atoms with Crippen molar-refractivity contribution >= 4 is 23.6 Å². The molecule has 0 bridgehead atoms. The molecular weight excluding hydrogens is 344 g/mol. The standard InChI is InChI=1S/C20H20N4O3/c1-3-27-20(26)18-11-16(14-23(18)2)22-19(25)10-9-15-12-21-24(13-15)17-7-5-4-6-8-17/h4-14H,3H2,1-2H3,(H,22,25)/b10-9+. The molecule has 3 aromatic rings. The van der Waals surface area contributed by atoms with Crippen molar-refractivity contribution in [2.75, 3.05) is 11.9 Å². The Morgan fingerprint density at radius 2 is 2.00 bits per heavy atom. The molecule has 3 rings (SSSR count). The predicted octanol–water partition coefficient (Wildman–Crippen LogP) is 3.04. The first-order chi connectivity index (χ1) is 13.1. The van der Waals surface area contributed by atoms with Crippen LogP contribution in [-0.4, -0.2) is 32.8 Å². The molecule has 0 spiro atoms. The topological polar surface area (TPSA) is 78.2 Å². The molecular formula is C20H20N4O3. The van der Waals surface area contributed by atoms with Crippen LogP contribution in [0.3, 0.4) is 0 Å². The van der Waals surface area contributed by atoms with Gasteiger partial charge in [-0.05, 0) is 31.2 Å². The van der Waals surface area contributed by atoms with Crippen LogP contribution in [-0.2, 0) is 16.6 Å². The number of amides is 1. The molecule has 0 fully saturated rings. The third-order valence-electron chi connectivity index (χ3n) is 3.81. The van der Waals surface area contributed by atoms with Crippen molar-refractivity contribution < 1.29 is 14.3 Å². The summed E-state index contributed by atoms with van der Waals surface area (Å²) in [6.07, 6.45) is 8.27. The van der Waals surface area contributed by atoms with E-state index in [0.717, 1.165) is 11.3 Å². The fourth-order valence-corrected chi connectivity index (χ4v) is 2.54. The van der Waals surface area contributed by atoms with Crippen LogP contribution < -0.4 is 5.32 Å². The largest absolute Gasteiger partial charge is 0.461 e. The monoisotopic (exact) mass is 364 g/mol. The second-order valence-electron chi connectivity index (χ2n) is 5.82. The summed E-state index contributed by atoms with van der Waals surface area (Å²) in [4.78, 5) is 23.9. The molecule has 1 N–H and O–H groups in total. The maximum atomic E-state index is 12.1. The number of carbonyl (C=O) groups is 2. The van der Waals surface area contributed by atoms with E-state index in [9.17, 15) is 9.59 Å². The summed E-state index contributed by atoms with van der Waals surface area (Å²) >= 11 is 0. The van der Waals surface area contributed by atoms with Gasteiger partial charge in [0.25, 0.3) is 0 Å². The first-order valence-corrected chi connectivity index (χ1v) is 8.49. The van der Waals surface area contributed by atoms with Crippen molar-refractivity contribution in [2.45, 2.75) is 6.92 Å². The quantitative estimate of drug-likeness (QED) is 0.539. The SMILES string of the molecule is CCOC(=O)c1cc(NC(=O)/C=C/c2cnn(-c3ccccc3)c2)cn1C. The number of para-hydroxylation sites is 1. The first-order valence-electron chi connectivity index (χ1n) is 8.49. The Morgan fingerprint density at radius 1 is 1.22 bits per heavy atom. The van der Waals surface area contributed by atoms with Crippen LogP contribution in [0.5, 0.6) is 0 Å². The zero-order valence-corrected chi connectivity index (χ0v) is 15.1. The van der Waals surface area contributed by atoms with Crippen LogP contribution in [0.4, 0.5) is 5.69 Å². The molecule has 0 aliphatic carbocycles. The van der Waals surface area contributed by atoms with Crippen LogP contribution in [0.1, 0.15) is 23.0 Å². The van der Waals surface area contributed by atoms with E-state index < -0.39 is 5.97 Å². The average Bonchev–Trinajstić information content (AvgIpc) is 3.28. The van der Waals surface area contributed by atoms with Crippen LogP contribution in [0, 0.1) is 0 Å². The molecule has 7 nitrogen and oxygen atoms in total. The van der Waals surface area contributed by atoms with Gasteiger partial charge in [0, 0.05) is 31.1 Å². The number of nitrogens with zero attached hydrogens (tertiary/aromatic N) is 3. The van der Waals surface area contributed by atoms with Gasteiger partial charge in [0.05, 0.1) is 24.2 Å². The minimum Gasteiger partial charge on any atom is -0.461 e. The van der Waals surface area contributed by atoms with E-state index >= 15 is 0 Å². The third kappa shape index (κ3) is 4.52. The van der Waals surface area contributed by atoms with Crippen molar-refractivity contribution in [1.82, 2.24) is 14.3 Å². The highest BCUT2D eigenvalue weighted by molar-refractivity contribution is 6.02. The lowest BCUT2D eigenvalue weighted by Gasteiger charge is -2.01. The number of anilines is 1. The van der Waals surface area contributed by atoms with Gasteiger partial charge >= 0.3 is 5.97 Å². The Balaban J connectivity index is 1.64. The number of carbonyl (C=O) groups excluding carboxylic acids is 2. The normalized spacial score (nSPS) is 10.9. The third-order valence-corrected chi connectivity index (χ3v) is 3.81. The van der Waals surface area contributed by atoms with Gasteiger partial charge in [-0.15, -0.1) is 0 Å². The molecule has 0 radical (unpaired) electrons. The van der Waals surface area contributed by atoms with Crippen molar-refractivity contribution in [3.8, 4) is 5.69 Å². The Kier molecular flexibility index (Phi) is 5.51. The van der Waals surface area contributed by atoms with E-state index in [0.29, 0.717) is 18.0 Å². The van der Waals surface area contributed by atoms with Gasteiger partial charge in [0.1, 0.15) is 5.69 Å². The molecule has 7 heteroatoms. The van der Waals surface area contributed by atoms with Crippen LogP contribution in [0.15, 0.2) is 61.1 Å². The van der Waals surface area contributed by atoms with Crippen molar-refractivity contribution in [3.05, 3.63) is 72.3 Å². The lowest BCUT2D eigenvalue weighted by atomic mass is 10.3. The Bertz CT molecular complexity index is 970. The summed E-state index contributed by atoms with van der Waals surface area (Å²) in [5.74, 6) is -0.729. The summed E-state index contributed by atoms with van der Waals surface area (Å²) in [6.45, 7) is 2.04. The summed E-state index contributed by atoms with van der Waals surface area (Å²) in [7, 11) is 1.72. The van der Waals surface area contributed by atoms with E-state index in [2.05, 4.69) is 10.4 Å². The highest BCUT2D eigenvalue weighted by Gasteiger charge is 2.13. The first kappa shape index (κ1) is 18.2. The smallest absolute Gasteiger partial charge is 0.355 e. The summed E-state index contributed by atoms with van der Waals surface area (Å²) in [5, 5.41) is 7.01. The Morgan fingerprint density at radius 3 is 2.74 bits per heavy atom. The second kappa shape index (κ2) is 8.18. The number of esters is 1. The van der Waals surface area contributed by atoms with Crippen LogP contribution >= 0.6 is 0 Å². The summed E-state index contributed by atoms with van der Waals surface area (Å²) in [6, 6.07) is 11.3. The van der Waals surface area contributed by atoms with E-state index in [-0.39, 0.29) is 5.91 Å². The molecule has 1 amide bonds. The Hall–Kier alpha value is -3.61. The molecule has 0 atom stereocenters. The van der Waals surface area contributed by atoms with Gasteiger partial charge in [-0.25, -0.2) is 9.48 Å². The maximum Gasteiger partial charge on any atom is 0.355 e. The molecule has 0 aliphatic heterocycles. The molecule has 0 unspecified atom stereocenters. The van der Waals surface area contributed by atoms with Crippen molar-refractivity contribution in [1.29, 1.82) is 0 Å². The van der Waals surface area contributed by atoms with Gasteiger partial charge in [-0.1, -0.05) is 18.2 Å². The van der Waals surface area contributed by atoms with E-state index in [4.69, 9.17) is 4.74 Å². The van der Waals surface area contributed by atoms with Gasteiger partial charge in [0.2, 0.25) is 5.91 Å². The predicted molar refractivity (Wildman–Crippen MR) is 103 cm³/mol. The van der Waals surface area contributed by atoms with Gasteiger partial charge in [-0.3, -0.25) is 4.79 Å². The average molecular weight is 364 g/mol. The highest BCUT2D eigenvalue weighted by atomic mass is 16.5. The van der Waals surface area contributed by atoms with Crippen LogP contribution in [0.25, 0.3) is 11.8 Å². The number of hydrogen-bond acceptors (Lipinski definition) is 4. The lowest BCUT2D eigenvalue weighted by Crippen LogP contribution is -2.09. The van der Waals surface area contributed by atoms with Crippen LogP contribution in [0.2, 0.25) is 0 Å². The highest BCUT2D eigenvalue weighted by Crippen LogP contribution is 2.14. The fourth-order valence-electron chi connectivity index (χ4n) is 2.54. The zero-order chi connectivity index (χ0) is 19.2. The van der Waals surface area contributed by atoms with E-state index in [1.807, 2.05) is 36.5 Å². The lowest BCUT2D eigenvalue weighted by molar-refractivity contribution is -0.111. The summed E-state index contributed by atoms with van der Waals surface area (Å²) in [5.41, 5.74) is 2.64.